The second-order valence-electron chi connectivity index (χ2n) is 4.09. The third-order valence-corrected chi connectivity index (χ3v) is 3.38. The van der Waals surface area contributed by atoms with E-state index >= 15 is 0 Å². The van der Waals surface area contributed by atoms with Crippen LogP contribution in [0.25, 0.3) is 0 Å². The maximum atomic E-state index is 13.4. The van der Waals surface area contributed by atoms with Gasteiger partial charge in [0, 0.05) is 12.2 Å². The summed E-state index contributed by atoms with van der Waals surface area (Å²) in [5, 5.41) is 20.9. The van der Waals surface area contributed by atoms with E-state index in [2.05, 4.69) is 21.2 Å². The number of nitriles is 2. The molecule has 0 heterocycles. The van der Waals surface area contributed by atoms with Gasteiger partial charge in [-0.05, 0) is 51.8 Å². The largest absolute Gasteiger partial charge is 0.381 e. The topological polar surface area (TPSA) is 59.6 Å². The van der Waals surface area contributed by atoms with Crippen LogP contribution in [0.1, 0.15) is 16.7 Å². The smallest absolute Gasteiger partial charge is 0.137 e. The van der Waals surface area contributed by atoms with E-state index in [-0.39, 0.29) is 5.82 Å². The van der Waals surface area contributed by atoms with E-state index < -0.39 is 0 Å². The molecule has 0 unspecified atom stereocenters. The van der Waals surface area contributed by atoms with Gasteiger partial charge in [-0.2, -0.15) is 10.5 Å². The van der Waals surface area contributed by atoms with E-state index in [0.29, 0.717) is 27.8 Å². The van der Waals surface area contributed by atoms with Gasteiger partial charge >= 0.3 is 0 Å². The average molecular weight is 330 g/mol. The summed E-state index contributed by atoms with van der Waals surface area (Å²) in [6.45, 7) is 0.432. The molecule has 0 spiro atoms. The number of nitrogens with one attached hydrogen (secondary N) is 1. The van der Waals surface area contributed by atoms with E-state index in [1.54, 1.807) is 30.3 Å². The first-order valence-corrected chi connectivity index (χ1v) is 6.55. The molecule has 0 radical (unpaired) electrons. The summed E-state index contributed by atoms with van der Waals surface area (Å²) in [6, 6.07) is 13.7. The molecule has 0 bridgehead atoms. The molecule has 5 heteroatoms. The van der Waals surface area contributed by atoms with Crippen molar-refractivity contribution < 1.29 is 4.39 Å². The minimum atomic E-state index is -0.318. The Kier molecular flexibility index (Phi) is 4.34. The predicted octanol–water partition coefficient (Wildman–Crippen LogP) is 3.94. The van der Waals surface area contributed by atoms with Crippen LogP contribution in [0.15, 0.2) is 40.9 Å². The summed E-state index contributed by atoms with van der Waals surface area (Å²) >= 11 is 3.10. The first kappa shape index (κ1) is 14.0. The Hall–Kier alpha value is -2.37. The highest BCUT2D eigenvalue weighted by molar-refractivity contribution is 9.10. The zero-order valence-electron chi connectivity index (χ0n) is 10.3. The van der Waals surface area contributed by atoms with Gasteiger partial charge in [-0.25, -0.2) is 4.39 Å². The third-order valence-electron chi connectivity index (χ3n) is 2.74. The van der Waals surface area contributed by atoms with Crippen molar-refractivity contribution in [1.82, 2.24) is 0 Å². The maximum absolute atomic E-state index is 13.4. The molecular formula is C15H9BrFN3. The van der Waals surface area contributed by atoms with E-state index in [1.165, 1.54) is 6.07 Å². The molecule has 98 valence electrons. The van der Waals surface area contributed by atoms with Crippen molar-refractivity contribution in [3.8, 4) is 12.1 Å². The Morgan fingerprint density at radius 3 is 2.45 bits per heavy atom. The number of anilines is 1. The monoisotopic (exact) mass is 329 g/mol. The van der Waals surface area contributed by atoms with Crippen molar-refractivity contribution in [3.63, 3.8) is 0 Å². The summed E-state index contributed by atoms with van der Waals surface area (Å²) in [5.74, 6) is -0.318. The quantitative estimate of drug-likeness (QED) is 0.927. The fourth-order valence-electron chi connectivity index (χ4n) is 1.70. The van der Waals surface area contributed by atoms with Crippen LogP contribution in [-0.2, 0) is 6.54 Å². The molecule has 20 heavy (non-hydrogen) atoms. The molecule has 2 rings (SSSR count). The van der Waals surface area contributed by atoms with Crippen LogP contribution >= 0.6 is 15.9 Å². The average Bonchev–Trinajstić information content (AvgIpc) is 2.48. The molecule has 0 aliphatic heterocycles. The highest BCUT2D eigenvalue weighted by atomic mass is 79.9. The molecule has 3 nitrogen and oxygen atoms in total. The highest BCUT2D eigenvalue weighted by Crippen LogP contribution is 2.18. The molecule has 0 aromatic heterocycles. The fourth-order valence-corrected chi connectivity index (χ4v) is 1.94. The van der Waals surface area contributed by atoms with Crippen LogP contribution < -0.4 is 5.32 Å². The minimum Gasteiger partial charge on any atom is -0.381 e. The van der Waals surface area contributed by atoms with Gasteiger partial charge in [0.15, 0.2) is 0 Å². The number of benzene rings is 2. The molecule has 0 fully saturated rings. The zero-order valence-corrected chi connectivity index (χ0v) is 11.9. The molecule has 0 saturated heterocycles. The van der Waals surface area contributed by atoms with Crippen molar-refractivity contribution in [1.29, 1.82) is 10.5 Å². The van der Waals surface area contributed by atoms with Crippen LogP contribution in [0.3, 0.4) is 0 Å². The number of hydrogen-bond acceptors (Lipinski definition) is 3. The molecule has 0 amide bonds. The second kappa shape index (κ2) is 6.18. The molecule has 1 N–H and O–H groups in total. The number of rotatable bonds is 3. The van der Waals surface area contributed by atoms with E-state index in [1.807, 2.05) is 12.1 Å². The van der Waals surface area contributed by atoms with Crippen molar-refractivity contribution in [2.45, 2.75) is 6.54 Å². The molecule has 0 atom stereocenters. The Morgan fingerprint density at radius 2 is 1.80 bits per heavy atom. The van der Waals surface area contributed by atoms with Crippen LogP contribution in [-0.4, -0.2) is 0 Å². The van der Waals surface area contributed by atoms with Gasteiger partial charge in [-0.1, -0.05) is 6.07 Å². The highest BCUT2D eigenvalue weighted by Gasteiger charge is 2.04. The Balaban J connectivity index is 2.13. The van der Waals surface area contributed by atoms with E-state index in [4.69, 9.17) is 10.5 Å². The lowest BCUT2D eigenvalue weighted by Gasteiger charge is -2.08. The van der Waals surface area contributed by atoms with Crippen LogP contribution in [0.2, 0.25) is 0 Å². The number of hydrogen-bond donors (Lipinski definition) is 1. The Morgan fingerprint density at radius 1 is 1.05 bits per heavy atom. The van der Waals surface area contributed by atoms with Crippen LogP contribution in [0, 0.1) is 28.5 Å². The zero-order chi connectivity index (χ0) is 14.5. The third kappa shape index (κ3) is 3.14. The lowest BCUT2D eigenvalue weighted by molar-refractivity contribution is 0.619. The van der Waals surface area contributed by atoms with Gasteiger partial charge in [0.25, 0.3) is 0 Å². The minimum absolute atomic E-state index is 0.318. The summed E-state index contributed by atoms with van der Waals surface area (Å²) in [5.41, 5.74) is 2.16. The Labute approximate surface area is 124 Å². The van der Waals surface area contributed by atoms with Gasteiger partial charge in [-0.3, -0.25) is 0 Å². The number of nitrogens with zero attached hydrogens (tertiary/aromatic N) is 2. The maximum Gasteiger partial charge on any atom is 0.137 e. The van der Waals surface area contributed by atoms with Gasteiger partial charge in [0.1, 0.15) is 18.0 Å². The summed E-state index contributed by atoms with van der Waals surface area (Å²) in [4.78, 5) is 0. The van der Waals surface area contributed by atoms with Gasteiger partial charge in [-0.15, -0.1) is 0 Å². The van der Waals surface area contributed by atoms with Gasteiger partial charge < -0.3 is 5.32 Å². The Bertz CT molecular complexity index is 729. The molecule has 2 aromatic rings. The summed E-state index contributed by atoms with van der Waals surface area (Å²) in [6.07, 6.45) is 0. The predicted molar refractivity (Wildman–Crippen MR) is 77.3 cm³/mol. The van der Waals surface area contributed by atoms with Crippen molar-refractivity contribution >= 4 is 21.6 Å². The molecule has 2 aromatic carbocycles. The van der Waals surface area contributed by atoms with E-state index in [0.717, 1.165) is 5.56 Å². The summed E-state index contributed by atoms with van der Waals surface area (Å²) in [7, 11) is 0. The lowest BCUT2D eigenvalue weighted by atomic mass is 10.1. The lowest BCUT2D eigenvalue weighted by Crippen LogP contribution is -2.00. The molecule has 0 saturated carbocycles. The molecular weight excluding hydrogens is 321 g/mol. The number of halogens is 2. The SMILES string of the molecule is N#Cc1ccc(NCc2ccc(Br)c(F)c2)cc1C#N. The van der Waals surface area contributed by atoms with Gasteiger partial charge in [0.05, 0.1) is 15.6 Å². The second-order valence-corrected chi connectivity index (χ2v) is 4.94. The van der Waals surface area contributed by atoms with Crippen molar-refractivity contribution in [2.75, 3.05) is 5.32 Å². The van der Waals surface area contributed by atoms with Crippen molar-refractivity contribution in [3.05, 3.63) is 63.4 Å². The fraction of sp³-hybridized carbons (Fsp3) is 0.0667. The first-order valence-electron chi connectivity index (χ1n) is 5.76. The van der Waals surface area contributed by atoms with Crippen LogP contribution in [0.4, 0.5) is 10.1 Å². The normalized spacial score (nSPS) is 9.60. The summed E-state index contributed by atoms with van der Waals surface area (Å²) < 4.78 is 13.8. The van der Waals surface area contributed by atoms with Gasteiger partial charge in [0.2, 0.25) is 0 Å². The van der Waals surface area contributed by atoms with Crippen LogP contribution in [0.5, 0.6) is 0 Å². The standard InChI is InChI=1S/C15H9BrFN3/c16-14-4-1-10(5-15(14)17)9-20-13-3-2-11(7-18)12(6-13)8-19/h1-6,20H,9H2. The van der Waals surface area contributed by atoms with E-state index in [9.17, 15) is 4.39 Å². The van der Waals surface area contributed by atoms with Crippen molar-refractivity contribution in [2.24, 2.45) is 0 Å². The molecule has 0 aliphatic rings. The first-order chi connectivity index (χ1) is 9.63. The molecule has 0 aliphatic carbocycles.